The largest absolute Gasteiger partial charge is 0.484 e. The Hall–Kier alpha value is -2.24. The molecular formula is C19H21ClN2O3. The molecule has 1 aliphatic heterocycles. The van der Waals surface area contributed by atoms with Gasteiger partial charge in [0.2, 0.25) is 0 Å². The van der Waals surface area contributed by atoms with Crippen LogP contribution < -0.4 is 15.0 Å². The molecule has 0 saturated carbocycles. The molecule has 5 nitrogen and oxygen atoms in total. The van der Waals surface area contributed by atoms with E-state index in [9.17, 15) is 4.79 Å². The van der Waals surface area contributed by atoms with Gasteiger partial charge in [0.15, 0.2) is 6.61 Å². The number of nitrogens with zero attached hydrogens (tertiary/aromatic N) is 1. The first kappa shape index (κ1) is 17.6. The highest BCUT2D eigenvalue weighted by atomic mass is 35.5. The number of halogens is 1. The zero-order valence-electron chi connectivity index (χ0n) is 14.1. The van der Waals surface area contributed by atoms with E-state index in [0.717, 1.165) is 30.0 Å². The fourth-order valence-electron chi connectivity index (χ4n) is 2.70. The van der Waals surface area contributed by atoms with Gasteiger partial charge in [-0.2, -0.15) is 0 Å². The Morgan fingerprint density at radius 2 is 2.00 bits per heavy atom. The zero-order chi connectivity index (χ0) is 17.6. The van der Waals surface area contributed by atoms with E-state index in [1.54, 1.807) is 12.1 Å². The first-order chi connectivity index (χ1) is 12.1. The average Bonchev–Trinajstić information content (AvgIpc) is 2.64. The van der Waals surface area contributed by atoms with Gasteiger partial charge in [0.1, 0.15) is 5.75 Å². The van der Waals surface area contributed by atoms with Crippen LogP contribution in [0.3, 0.4) is 0 Å². The number of anilines is 2. The van der Waals surface area contributed by atoms with Crippen molar-refractivity contribution in [2.75, 3.05) is 43.1 Å². The lowest BCUT2D eigenvalue weighted by Gasteiger charge is -2.30. The Kier molecular flexibility index (Phi) is 5.79. The molecule has 3 rings (SSSR count). The van der Waals surface area contributed by atoms with E-state index in [-0.39, 0.29) is 12.5 Å². The Bertz CT molecular complexity index is 745. The number of aryl methyl sites for hydroxylation is 1. The van der Waals surface area contributed by atoms with Gasteiger partial charge in [0.25, 0.3) is 5.91 Å². The van der Waals surface area contributed by atoms with Crippen LogP contribution in [0.25, 0.3) is 0 Å². The summed E-state index contributed by atoms with van der Waals surface area (Å²) in [6.07, 6.45) is 0. The number of hydrogen-bond donors (Lipinski definition) is 1. The van der Waals surface area contributed by atoms with Crippen LogP contribution >= 0.6 is 11.6 Å². The van der Waals surface area contributed by atoms with Crippen LogP contribution in [0.4, 0.5) is 11.4 Å². The van der Waals surface area contributed by atoms with Crippen LogP contribution in [0, 0.1) is 6.92 Å². The van der Waals surface area contributed by atoms with Gasteiger partial charge in [-0.15, -0.1) is 0 Å². The maximum absolute atomic E-state index is 12.3. The van der Waals surface area contributed by atoms with Crippen molar-refractivity contribution in [3.05, 3.63) is 53.1 Å². The van der Waals surface area contributed by atoms with Gasteiger partial charge in [-0.05, 0) is 42.8 Å². The second-order valence-electron chi connectivity index (χ2n) is 5.86. The van der Waals surface area contributed by atoms with Gasteiger partial charge in [0.05, 0.1) is 24.6 Å². The molecule has 0 atom stereocenters. The number of rotatable bonds is 5. The first-order valence-corrected chi connectivity index (χ1v) is 8.62. The lowest BCUT2D eigenvalue weighted by atomic mass is 10.2. The van der Waals surface area contributed by atoms with Crippen LogP contribution in [-0.2, 0) is 9.53 Å². The summed E-state index contributed by atoms with van der Waals surface area (Å²) in [7, 11) is 0. The molecule has 0 bridgehead atoms. The number of benzene rings is 2. The van der Waals surface area contributed by atoms with E-state index >= 15 is 0 Å². The van der Waals surface area contributed by atoms with Crippen LogP contribution in [0.15, 0.2) is 42.5 Å². The number of nitrogens with one attached hydrogen (secondary N) is 1. The van der Waals surface area contributed by atoms with E-state index in [1.807, 2.05) is 37.3 Å². The van der Waals surface area contributed by atoms with Gasteiger partial charge in [0, 0.05) is 18.1 Å². The van der Waals surface area contributed by atoms with Crippen LogP contribution in [-0.4, -0.2) is 38.8 Å². The molecule has 0 unspecified atom stereocenters. The molecule has 1 aliphatic rings. The van der Waals surface area contributed by atoms with Crippen LogP contribution in [0.5, 0.6) is 5.75 Å². The maximum Gasteiger partial charge on any atom is 0.262 e. The Morgan fingerprint density at radius 3 is 2.76 bits per heavy atom. The summed E-state index contributed by atoms with van der Waals surface area (Å²) in [5.74, 6) is 0.423. The molecular weight excluding hydrogens is 340 g/mol. The monoisotopic (exact) mass is 360 g/mol. The number of para-hydroxylation sites is 2. The lowest BCUT2D eigenvalue weighted by Crippen LogP contribution is -2.36. The molecule has 0 radical (unpaired) electrons. The van der Waals surface area contributed by atoms with Gasteiger partial charge >= 0.3 is 0 Å². The van der Waals surface area contributed by atoms with Crippen LogP contribution in [0.1, 0.15) is 5.56 Å². The molecule has 0 spiro atoms. The molecule has 132 valence electrons. The maximum atomic E-state index is 12.3. The predicted molar refractivity (Wildman–Crippen MR) is 99.8 cm³/mol. The summed E-state index contributed by atoms with van der Waals surface area (Å²) in [5.41, 5.74) is 2.70. The Balaban J connectivity index is 1.61. The van der Waals surface area contributed by atoms with Crippen molar-refractivity contribution in [1.29, 1.82) is 0 Å². The molecule has 1 fully saturated rings. The quantitative estimate of drug-likeness (QED) is 0.886. The fraction of sp³-hybridized carbons (Fsp3) is 0.316. The third-order valence-electron chi connectivity index (χ3n) is 4.03. The summed E-state index contributed by atoms with van der Waals surface area (Å²) in [6.45, 7) is 4.86. The molecule has 1 saturated heterocycles. The van der Waals surface area contributed by atoms with Gasteiger partial charge in [-0.25, -0.2) is 0 Å². The number of morpholine rings is 1. The van der Waals surface area contributed by atoms with Crippen molar-refractivity contribution in [3.63, 3.8) is 0 Å². The molecule has 1 N–H and O–H groups in total. The average molecular weight is 361 g/mol. The number of carbonyl (C=O) groups excluding carboxylic acids is 1. The van der Waals surface area contributed by atoms with Crippen molar-refractivity contribution in [3.8, 4) is 5.75 Å². The summed E-state index contributed by atoms with van der Waals surface area (Å²) in [5, 5.41) is 3.61. The molecule has 2 aromatic carbocycles. The molecule has 0 aromatic heterocycles. The molecule has 0 aliphatic carbocycles. The third-order valence-corrected chi connectivity index (χ3v) is 4.45. The number of ether oxygens (including phenoxy) is 2. The first-order valence-electron chi connectivity index (χ1n) is 8.24. The van der Waals surface area contributed by atoms with Gasteiger partial charge in [-0.3, -0.25) is 4.79 Å². The minimum atomic E-state index is -0.201. The van der Waals surface area contributed by atoms with E-state index in [2.05, 4.69) is 10.2 Å². The number of amides is 1. The molecule has 25 heavy (non-hydrogen) atoms. The molecule has 1 heterocycles. The minimum absolute atomic E-state index is 0.0570. The predicted octanol–water partition coefficient (Wildman–Crippen LogP) is 3.50. The van der Waals surface area contributed by atoms with E-state index < -0.39 is 0 Å². The van der Waals surface area contributed by atoms with Crippen LogP contribution in [0.2, 0.25) is 5.02 Å². The summed E-state index contributed by atoms with van der Waals surface area (Å²) in [6, 6.07) is 13.1. The molecule has 2 aromatic rings. The standard InChI is InChI=1S/C19H21ClN2O3/c1-14-12-15(6-7-16(14)20)25-13-19(23)21-17-4-2-3-5-18(17)22-8-10-24-11-9-22/h2-7,12H,8-11,13H2,1H3,(H,21,23). The Labute approximate surface area is 152 Å². The highest BCUT2D eigenvalue weighted by Gasteiger charge is 2.15. The summed E-state index contributed by atoms with van der Waals surface area (Å²) >= 11 is 5.99. The third kappa shape index (κ3) is 4.65. The van der Waals surface area contributed by atoms with E-state index in [4.69, 9.17) is 21.1 Å². The Morgan fingerprint density at radius 1 is 1.24 bits per heavy atom. The highest BCUT2D eigenvalue weighted by molar-refractivity contribution is 6.31. The highest BCUT2D eigenvalue weighted by Crippen LogP contribution is 2.26. The second kappa shape index (κ2) is 8.23. The minimum Gasteiger partial charge on any atom is -0.484 e. The zero-order valence-corrected chi connectivity index (χ0v) is 14.9. The van der Waals surface area contributed by atoms with Crippen molar-refractivity contribution >= 4 is 28.9 Å². The SMILES string of the molecule is Cc1cc(OCC(=O)Nc2ccccc2N2CCOCC2)ccc1Cl. The van der Waals surface area contributed by atoms with E-state index in [1.165, 1.54) is 0 Å². The second-order valence-corrected chi connectivity index (χ2v) is 6.27. The van der Waals surface area contributed by atoms with Gasteiger partial charge in [-0.1, -0.05) is 23.7 Å². The number of hydrogen-bond acceptors (Lipinski definition) is 4. The van der Waals surface area contributed by atoms with Crippen molar-refractivity contribution < 1.29 is 14.3 Å². The normalized spacial score (nSPS) is 14.2. The van der Waals surface area contributed by atoms with Gasteiger partial charge < -0.3 is 19.7 Å². The topological polar surface area (TPSA) is 50.8 Å². The fourth-order valence-corrected chi connectivity index (χ4v) is 2.82. The van der Waals surface area contributed by atoms with Crippen molar-refractivity contribution in [1.82, 2.24) is 0 Å². The van der Waals surface area contributed by atoms with E-state index in [0.29, 0.717) is 24.0 Å². The van der Waals surface area contributed by atoms with Crippen molar-refractivity contribution in [2.45, 2.75) is 6.92 Å². The molecule has 6 heteroatoms. The number of carbonyl (C=O) groups is 1. The lowest BCUT2D eigenvalue weighted by molar-refractivity contribution is -0.118. The molecule has 1 amide bonds. The summed E-state index contributed by atoms with van der Waals surface area (Å²) in [4.78, 5) is 14.5. The van der Waals surface area contributed by atoms with Crippen molar-refractivity contribution in [2.24, 2.45) is 0 Å². The smallest absolute Gasteiger partial charge is 0.262 e. The summed E-state index contributed by atoms with van der Waals surface area (Å²) < 4.78 is 10.9.